The lowest BCUT2D eigenvalue weighted by Crippen LogP contribution is -2.40. The van der Waals surface area contributed by atoms with Crippen molar-refractivity contribution < 1.29 is 14.3 Å². The van der Waals surface area contributed by atoms with E-state index in [-0.39, 0.29) is 17.8 Å². The van der Waals surface area contributed by atoms with Crippen LogP contribution in [0.15, 0.2) is 0 Å². The molecule has 1 amide bonds. The second-order valence-corrected chi connectivity index (χ2v) is 5.99. The fraction of sp³-hybridized carbons (Fsp3) is 0.867. The molecule has 2 aliphatic rings. The summed E-state index contributed by atoms with van der Waals surface area (Å²) in [5, 5.41) is 3.19. The van der Waals surface area contributed by atoms with Crippen LogP contribution < -0.4 is 5.32 Å². The average molecular weight is 267 g/mol. The van der Waals surface area contributed by atoms with Crippen molar-refractivity contribution in [2.45, 2.75) is 63.8 Å². The van der Waals surface area contributed by atoms with Crippen LogP contribution in [0, 0.1) is 11.8 Å². The van der Waals surface area contributed by atoms with Crippen LogP contribution >= 0.6 is 0 Å². The van der Waals surface area contributed by atoms with Gasteiger partial charge in [-0.05, 0) is 44.4 Å². The van der Waals surface area contributed by atoms with Gasteiger partial charge in [0, 0.05) is 18.4 Å². The number of carbonyl (C=O) groups is 2. The van der Waals surface area contributed by atoms with E-state index in [4.69, 9.17) is 4.74 Å². The van der Waals surface area contributed by atoms with Crippen LogP contribution in [-0.2, 0) is 14.3 Å². The molecule has 0 unspecified atom stereocenters. The Balaban J connectivity index is 1.68. The molecule has 0 aromatic rings. The zero-order valence-electron chi connectivity index (χ0n) is 11.8. The van der Waals surface area contributed by atoms with E-state index in [9.17, 15) is 9.59 Å². The number of hydrogen-bond donors (Lipinski definition) is 1. The van der Waals surface area contributed by atoms with Gasteiger partial charge in [-0.2, -0.15) is 0 Å². The molecular weight excluding hydrogens is 242 g/mol. The van der Waals surface area contributed by atoms with Crippen LogP contribution in [0.1, 0.15) is 57.8 Å². The molecule has 1 N–H and O–H groups in total. The second kappa shape index (κ2) is 6.92. The average Bonchev–Trinajstić information content (AvgIpc) is 2.95. The maximum Gasteiger partial charge on any atom is 0.305 e. The molecule has 0 aliphatic heterocycles. The monoisotopic (exact) mass is 267 g/mol. The van der Waals surface area contributed by atoms with Gasteiger partial charge in [-0.3, -0.25) is 9.59 Å². The quantitative estimate of drug-likeness (QED) is 0.796. The Hall–Kier alpha value is -1.06. The molecule has 0 atom stereocenters. The first-order valence-corrected chi connectivity index (χ1v) is 7.56. The maximum atomic E-state index is 12.0. The smallest absolute Gasteiger partial charge is 0.305 e. The Labute approximate surface area is 115 Å². The summed E-state index contributed by atoms with van der Waals surface area (Å²) >= 11 is 0. The topological polar surface area (TPSA) is 55.4 Å². The van der Waals surface area contributed by atoms with Gasteiger partial charge < -0.3 is 10.1 Å². The van der Waals surface area contributed by atoms with Crippen molar-refractivity contribution in [3.8, 4) is 0 Å². The van der Waals surface area contributed by atoms with Crippen molar-refractivity contribution in [1.29, 1.82) is 0 Å². The summed E-state index contributed by atoms with van der Waals surface area (Å²) in [4.78, 5) is 23.3. The molecule has 2 aliphatic carbocycles. The normalized spacial score (nSPS) is 28.1. The van der Waals surface area contributed by atoms with Gasteiger partial charge in [-0.15, -0.1) is 0 Å². The van der Waals surface area contributed by atoms with E-state index in [0.717, 1.165) is 38.5 Å². The Bertz CT molecular complexity index is 315. The van der Waals surface area contributed by atoms with Gasteiger partial charge in [0.15, 0.2) is 0 Å². The summed E-state index contributed by atoms with van der Waals surface area (Å²) in [6, 6.07) is 0.321. The predicted octanol–water partition coefficient (Wildman–Crippen LogP) is 2.41. The van der Waals surface area contributed by atoms with Crippen molar-refractivity contribution in [1.82, 2.24) is 5.32 Å². The Kier molecular flexibility index (Phi) is 5.23. The van der Waals surface area contributed by atoms with E-state index in [2.05, 4.69) is 5.32 Å². The van der Waals surface area contributed by atoms with Gasteiger partial charge >= 0.3 is 5.97 Å². The number of esters is 1. The third kappa shape index (κ3) is 4.22. The Morgan fingerprint density at radius 1 is 1.05 bits per heavy atom. The van der Waals surface area contributed by atoms with Gasteiger partial charge in [0.2, 0.25) is 5.91 Å². The first-order chi connectivity index (χ1) is 9.19. The van der Waals surface area contributed by atoms with Crippen molar-refractivity contribution >= 4 is 11.9 Å². The van der Waals surface area contributed by atoms with E-state index >= 15 is 0 Å². The van der Waals surface area contributed by atoms with E-state index in [1.807, 2.05) is 0 Å². The molecule has 2 saturated carbocycles. The highest BCUT2D eigenvalue weighted by Crippen LogP contribution is 2.29. The highest BCUT2D eigenvalue weighted by molar-refractivity contribution is 5.79. The van der Waals surface area contributed by atoms with Gasteiger partial charge in [0.25, 0.3) is 0 Å². The third-order valence-electron chi connectivity index (χ3n) is 4.60. The van der Waals surface area contributed by atoms with Crippen LogP contribution in [0.3, 0.4) is 0 Å². The minimum Gasteiger partial charge on any atom is -0.469 e. The maximum absolute atomic E-state index is 12.0. The molecule has 0 radical (unpaired) electrons. The fourth-order valence-corrected chi connectivity index (χ4v) is 3.34. The fourth-order valence-electron chi connectivity index (χ4n) is 3.34. The summed E-state index contributed by atoms with van der Waals surface area (Å²) in [7, 11) is 1.44. The molecular formula is C15H25NO3. The molecule has 108 valence electrons. The second-order valence-electron chi connectivity index (χ2n) is 5.99. The SMILES string of the molecule is COC(=O)CC1CCC(NC(=O)C2CCCC2)CC1. The van der Waals surface area contributed by atoms with Crippen LogP contribution in [-0.4, -0.2) is 25.0 Å². The molecule has 0 bridgehead atoms. The van der Waals surface area contributed by atoms with E-state index in [1.54, 1.807) is 0 Å². The summed E-state index contributed by atoms with van der Waals surface area (Å²) < 4.78 is 4.70. The highest BCUT2D eigenvalue weighted by Gasteiger charge is 2.28. The molecule has 0 spiro atoms. The summed E-state index contributed by atoms with van der Waals surface area (Å²) in [5.41, 5.74) is 0. The number of rotatable bonds is 4. The Morgan fingerprint density at radius 3 is 2.26 bits per heavy atom. The summed E-state index contributed by atoms with van der Waals surface area (Å²) in [6.45, 7) is 0. The van der Waals surface area contributed by atoms with E-state index in [1.165, 1.54) is 20.0 Å². The van der Waals surface area contributed by atoms with Crippen LogP contribution in [0.4, 0.5) is 0 Å². The van der Waals surface area contributed by atoms with Crippen molar-refractivity contribution in [2.75, 3.05) is 7.11 Å². The molecule has 2 rings (SSSR count). The third-order valence-corrected chi connectivity index (χ3v) is 4.60. The number of nitrogens with one attached hydrogen (secondary N) is 1. The van der Waals surface area contributed by atoms with Gasteiger partial charge in [-0.25, -0.2) is 0 Å². The zero-order chi connectivity index (χ0) is 13.7. The molecule has 19 heavy (non-hydrogen) atoms. The number of methoxy groups -OCH3 is 1. The molecule has 0 saturated heterocycles. The van der Waals surface area contributed by atoms with Gasteiger partial charge in [0.1, 0.15) is 0 Å². The first kappa shape index (κ1) is 14.4. The standard InChI is InChI=1S/C15H25NO3/c1-19-14(17)10-11-6-8-13(9-7-11)16-15(18)12-4-2-3-5-12/h11-13H,2-10H2,1H3,(H,16,18). The Morgan fingerprint density at radius 2 is 1.68 bits per heavy atom. The number of hydrogen-bond acceptors (Lipinski definition) is 3. The largest absolute Gasteiger partial charge is 0.469 e. The molecule has 0 aromatic carbocycles. The first-order valence-electron chi connectivity index (χ1n) is 7.56. The van der Waals surface area contributed by atoms with Crippen LogP contribution in [0.25, 0.3) is 0 Å². The minimum absolute atomic E-state index is 0.113. The molecule has 4 heteroatoms. The van der Waals surface area contributed by atoms with E-state index in [0.29, 0.717) is 18.4 Å². The van der Waals surface area contributed by atoms with Gasteiger partial charge in [0.05, 0.1) is 7.11 Å². The lowest BCUT2D eigenvalue weighted by atomic mass is 9.84. The number of ether oxygens (including phenoxy) is 1. The highest BCUT2D eigenvalue weighted by atomic mass is 16.5. The summed E-state index contributed by atoms with van der Waals surface area (Å²) in [5.74, 6) is 0.840. The summed E-state index contributed by atoms with van der Waals surface area (Å²) in [6.07, 6.45) is 9.08. The predicted molar refractivity (Wildman–Crippen MR) is 72.5 cm³/mol. The minimum atomic E-state index is -0.113. The van der Waals surface area contributed by atoms with Crippen molar-refractivity contribution in [3.63, 3.8) is 0 Å². The van der Waals surface area contributed by atoms with Crippen LogP contribution in [0.2, 0.25) is 0 Å². The van der Waals surface area contributed by atoms with Crippen molar-refractivity contribution in [2.24, 2.45) is 11.8 Å². The molecule has 0 heterocycles. The number of amides is 1. The lowest BCUT2D eigenvalue weighted by Gasteiger charge is -2.29. The van der Waals surface area contributed by atoms with Crippen LogP contribution in [0.5, 0.6) is 0 Å². The van der Waals surface area contributed by atoms with E-state index < -0.39 is 0 Å². The lowest BCUT2D eigenvalue weighted by molar-refractivity contribution is -0.142. The van der Waals surface area contributed by atoms with Crippen molar-refractivity contribution in [3.05, 3.63) is 0 Å². The molecule has 2 fully saturated rings. The molecule has 0 aromatic heterocycles. The van der Waals surface area contributed by atoms with Gasteiger partial charge in [-0.1, -0.05) is 12.8 Å². The zero-order valence-corrected chi connectivity index (χ0v) is 11.8. The molecule has 4 nitrogen and oxygen atoms in total. The number of carbonyl (C=O) groups excluding carboxylic acids is 2.